The molecule has 42 heavy (non-hydrogen) atoms. The Hall–Kier alpha value is -2.49. The summed E-state index contributed by atoms with van der Waals surface area (Å²) in [4.78, 5) is 28.7. The molecule has 0 saturated heterocycles. The van der Waals surface area contributed by atoms with Gasteiger partial charge in [-0.2, -0.15) is 0 Å². The molecule has 1 N–H and O–H groups in total. The van der Waals surface area contributed by atoms with Gasteiger partial charge in [0.05, 0.1) is 20.6 Å². The van der Waals surface area contributed by atoms with Crippen molar-refractivity contribution in [3.8, 4) is 0 Å². The molecule has 4 rings (SSSR count). The predicted octanol–water partition coefficient (Wildman–Crippen LogP) is 7.28. The fourth-order valence-electron chi connectivity index (χ4n) is 4.81. The van der Waals surface area contributed by atoms with E-state index in [9.17, 15) is 18.0 Å². The Balaban J connectivity index is 1.72. The van der Waals surface area contributed by atoms with Crippen molar-refractivity contribution < 1.29 is 18.0 Å². The normalized spacial score (nSPS) is 14.4. The quantitative estimate of drug-likeness (QED) is 0.246. The van der Waals surface area contributed by atoms with E-state index < -0.39 is 28.5 Å². The van der Waals surface area contributed by atoms with Gasteiger partial charge >= 0.3 is 0 Å². The third-order valence-electron chi connectivity index (χ3n) is 7.30. The lowest BCUT2D eigenvalue weighted by atomic mass is 10.1. The Bertz CT molecular complexity index is 1560. The summed E-state index contributed by atoms with van der Waals surface area (Å²) in [5.74, 6) is -0.945. The van der Waals surface area contributed by atoms with Crippen molar-refractivity contribution in [2.24, 2.45) is 0 Å². The van der Waals surface area contributed by atoms with Gasteiger partial charge in [0.15, 0.2) is 0 Å². The summed E-state index contributed by atoms with van der Waals surface area (Å²) in [6.07, 6.45) is 3.79. The maximum Gasteiger partial charge on any atom is 0.264 e. The average Bonchev–Trinajstić information content (AvgIpc) is 3.45. The van der Waals surface area contributed by atoms with Gasteiger partial charge in [0.2, 0.25) is 11.8 Å². The minimum absolute atomic E-state index is 0.00806. The number of amides is 2. The van der Waals surface area contributed by atoms with E-state index in [2.05, 4.69) is 5.32 Å². The van der Waals surface area contributed by atoms with Crippen molar-refractivity contribution in [2.75, 3.05) is 10.8 Å². The SMILES string of the molecule is Cc1ccc(S(=O)(=O)N(CC(=O)N(Cc2ccc(Cl)cc2Cl)C(C)C(=O)NC2CCCC2)c2ccc(Cl)c(Cl)c2)cc1. The Kier molecular flexibility index (Phi) is 10.7. The molecule has 1 unspecified atom stereocenters. The van der Waals surface area contributed by atoms with E-state index in [0.717, 1.165) is 35.6 Å². The molecule has 224 valence electrons. The number of aryl methyl sites for hydroxylation is 1. The fraction of sp³-hybridized carbons (Fsp3) is 0.333. The molecule has 1 aliphatic carbocycles. The summed E-state index contributed by atoms with van der Waals surface area (Å²) in [7, 11) is -4.24. The zero-order chi connectivity index (χ0) is 30.6. The van der Waals surface area contributed by atoms with E-state index in [0.29, 0.717) is 15.6 Å². The zero-order valence-electron chi connectivity index (χ0n) is 23.1. The average molecular weight is 671 g/mol. The maximum absolute atomic E-state index is 14.1. The minimum Gasteiger partial charge on any atom is -0.352 e. The molecule has 1 aliphatic rings. The van der Waals surface area contributed by atoms with Crippen LogP contribution < -0.4 is 9.62 Å². The van der Waals surface area contributed by atoms with Gasteiger partial charge < -0.3 is 10.2 Å². The summed E-state index contributed by atoms with van der Waals surface area (Å²) >= 11 is 24.9. The van der Waals surface area contributed by atoms with E-state index in [1.54, 1.807) is 37.3 Å². The van der Waals surface area contributed by atoms with Gasteiger partial charge in [0.1, 0.15) is 12.6 Å². The molecule has 1 saturated carbocycles. The number of rotatable bonds is 10. The second-order valence-electron chi connectivity index (χ2n) is 10.3. The largest absolute Gasteiger partial charge is 0.352 e. The number of nitrogens with zero attached hydrogens (tertiary/aromatic N) is 2. The first-order chi connectivity index (χ1) is 19.9. The van der Waals surface area contributed by atoms with E-state index in [1.165, 1.54) is 35.2 Å². The van der Waals surface area contributed by atoms with Crippen LogP contribution in [0.25, 0.3) is 0 Å². The highest BCUT2D eigenvalue weighted by molar-refractivity contribution is 7.92. The number of hydrogen-bond donors (Lipinski definition) is 1. The van der Waals surface area contributed by atoms with Crippen LogP contribution >= 0.6 is 46.4 Å². The number of anilines is 1. The lowest BCUT2D eigenvalue weighted by Gasteiger charge is -2.32. The summed E-state index contributed by atoms with van der Waals surface area (Å²) in [5.41, 5.74) is 1.57. The minimum atomic E-state index is -4.24. The lowest BCUT2D eigenvalue weighted by molar-refractivity contribution is -0.139. The van der Waals surface area contributed by atoms with Crippen LogP contribution in [0.4, 0.5) is 5.69 Å². The van der Waals surface area contributed by atoms with Gasteiger partial charge in [-0.3, -0.25) is 13.9 Å². The van der Waals surface area contributed by atoms with Crippen molar-refractivity contribution in [3.05, 3.63) is 91.9 Å². The third-order valence-corrected chi connectivity index (χ3v) is 10.4. The second kappa shape index (κ2) is 13.9. The molecule has 1 fully saturated rings. The van der Waals surface area contributed by atoms with Gasteiger partial charge in [-0.05, 0) is 74.7 Å². The molecule has 0 spiro atoms. The van der Waals surface area contributed by atoms with Gasteiger partial charge in [0.25, 0.3) is 10.0 Å². The van der Waals surface area contributed by atoms with Gasteiger partial charge in [-0.15, -0.1) is 0 Å². The smallest absolute Gasteiger partial charge is 0.264 e. The predicted molar refractivity (Wildman–Crippen MR) is 169 cm³/mol. The van der Waals surface area contributed by atoms with Crippen molar-refractivity contribution >= 4 is 73.9 Å². The van der Waals surface area contributed by atoms with E-state index in [4.69, 9.17) is 46.4 Å². The number of sulfonamides is 1. The van der Waals surface area contributed by atoms with Gasteiger partial charge in [-0.1, -0.05) is 83.0 Å². The van der Waals surface area contributed by atoms with Crippen molar-refractivity contribution in [2.45, 2.75) is 63.1 Å². The highest BCUT2D eigenvalue weighted by Crippen LogP contribution is 2.31. The third kappa shape index (κ3) is 7.71. The molecule has 0 aliphatic heterocycles. The molecule has 0 radical (unpaired) electrons. The Labute approximate surface area is 266 Å². The van der Waals surface area contributed by atoms with Gasteiger partial charge in [-0.25, -0.2) is 8.42 Å². The molecule has 0 aromatic heterocycles. The first-order valence-corrected chi connectivity index (χ1v) is 16.4. The number of halogens is 4. The van der Waals surface area contributed by atoms with Gasteiger partial charge in [0, 0.05) is 22.6 Å². The van der Waals surface area contributed by atoms with Crippen LogP contribution in [0.15, 0.2) is 65.6 Å². The molecule has 3 aromatic rings. The zero-order valence-corrected chi connectivity index (χ0v) is 27.0. The highest BCUT2D eigenvalue weighted by Gasteiger charge is 2.34. The van der Waals surface area contributed by atoms with Crippen LogP contribution in [0.3, 0.4) is 0 Å². The molecule has 12 heteroatoms. The molecule has 0 heterocycles. The molecule has 2 amide bonds. The maximum atomic E-state index is 14.1. The Morgan fingerprint density at radius 3 is 2.19 bits per heavy atom. The van der Waals surface area contributed by atoms with E-state index >= 15 is 0 Å². The molecule has 3 aromatic carbocycles. The highest BCUT2D eigenvalue weighted by atomic mass is 35.5. The van der Waals surface area contributed by atoms with Crippen LogP contribution in [-0.4, -0.2) is 43.8 Å². The van der Waals surface area contributed by atoms with Crippen LogP contribution in [-0.2, 0) is 26.2 Å². The van der Waals surface area contributed by atoms with Crippen LogP contribution in [0.5, 0.6) is 0 Å². The van der Waals surface area contributed by atoms with Crippen LogP contribution in [0.2, 0.25) is 20.1 Å². The Morgan fingerprint density at radius 2 is 1.57 bits per heavy atom. The molecule has 0 bridgehead atoms. The standard InChI is InChI=1S/C30H31Cl4N3O4S/c1-19-7-12-25(13-8-19)42(40,41)37(24-11-14-26(32)28(34)16-24)18-29(38)36(17-21-9-10-22(31)15-27(21)33)20(2)30(39)35-23-5-3-4-6-23/h7-16,20,23H,3-6,17-18H2,1-2H3,(H,35,39). The summed E-state index contributed by atoms with van der Waals surface area (Å²) in [5, 5.41) is 4.13. The van der Waals surface area contributed by atoms with Crippen molar-refractivity contribution in [1.29, 1.82) is 0 Å². The molecule has 1 atom stereocenters. The summed E-state index contributed by atoms with van der Waals surface area (Å²) in [6, 6.07) is 14.6. The van der Waals surface area contributed by atoms with Crippen LogP contribution in [0.1, 0.15) is 43.7 Å². The molecular formula is C30H31Cl4N3O4S. The van der Waals surface area contributed by atoms with E-state index in [-0.39, 0.29) is 39.1 Å². The number of benzene rings is 3. The van der Waals surface area contributed by atoms with Crippen LogP contribution in [0, 0.1) is 6.92 Å². The first kappa shape index (κ1) is 32.4. The second-order valence-corrected chi connectivity index (χ2v) is 13.9. The lowest BCUT2D eigenvalue weighted by Crippen LogP contribution is -2.52. The summed E-state index contributed by atoms with van der Waals surface area (Å²) < 4.78 is 28.9. The monoisotopic (exact) mass is 669 g/mol. The number of nitrogens with one attached hydrogen (secondary N) is 1. The van der Waals surface area contributed by atoms with E-state index in [1.807, 2.05) is 6.92 Å². The fourth-order valence-corrected chi connectivity index (χ4v) is 6.98. The molecule has 7 nitrogen and oxygen atoms in total. The Morgan fingerprint density at radius 1 is 0.905 bits per heavy atom. The number of hydrogen-bond acceptors (Lipinski definition) is 4. The number of carbonyl (C=O) groups is 2. The topological polar surface area (TPSA) is 86.8 Å². The van der Waals surface area contributed by atoms with Crippen molar-refractivity contribution in [3.63, 3.8) is 0 Å². The molecular weight excluding hydrogens is 640 g/mol. The number of carbonyl (C=O) groups excluding carboxylic acids is 2. The van der Waals surface area contributed by atoms with Crippen molar-refractivity contribution in [1.82, 2.24) is 10.2 Å². The first-order valence-electron chi connectivity index (χ1n) is 13.4. The summed E-state index contributed by atoms with van der Waals surface area (Å²) in [6.45, 7) is 2.80.